The van der Waals surface area contributed by atoms with Gasteiger partial charge in [0.15, 0.2) is 0 Å². The summed E-state index contributed by atoms with van der Waals surface area (Å²) in [7, 11) is 0. The topological polar surface area (TPSA) is 51.5 Å². The number of furan rings is 1. The van der Waals surface area contributed by atoms with E-state index < -0.39 is 6.61 Å². The van der Waals surface area contributed by atoms with Crippen molar-refractivity contribution < 1.29 is 22.7 Å². The van der Waals surface area contributed by atoms with E-state index in [1.807, 2.05) is 0 Å². The van der Waals surface area contributed by atoms with E-state index >= 15 is 0 Å². The highest BCUT2D eigenvalue weighted by atomic mass is 19.3. The molecule has 0 saturated heterocycles. The SMILES string of the molecule is Cc1occc1C(=O)NC(C)c1cccc(OC(F)F)c1. The quantitative estimate of drug-likeness (QED) is 0.915. The van der Waals surface area contributed by atoms with Gasteiger partial charge in [0.2, 0.25) is 0 Å². The maximum absolute atomic E-state index is 12.2. The summed E-state index contributed by atoms with van der Waals surface area (Å²) in [5.74, 6) is 0.298. The summed E-state index contributed by atoms with van der Waals surface area (Å²) >= 11 is 0. The van der Waals surface area contributed by atoms with Crippen molar-refractivity contribution in [3.05, 3.63) is 53.5 Å². The third kappa shape index (κ3) is 3.81. The van der Waals surface area contributed by atoms with Crippen LogP contribution in [0, 0.1) is 6.92 Å². The van der Waals surface area contributed by atoms with Crippen LogP contribution in [0.1, 0.15) is 34.6 Å². The van der Waals surface area contributed by atoms with Crippen molar-refractivity contribution in [3.8, 4) is 5.75 Å². The maximum Gasteiger partial charge on any atom is 0.387 e. The van der Waals surface area contributed by atoms with E-state index in [1.54, 1.807) is 32.0 Å². The molecule has 1 atom stereocenters. The molecule has 2 rings (SSSR count). The number of aryl methyl sites for hydroxylation is 1. The van der Waals surface area contributed by atoms with Crippen LogP contribution in [0.5, 0.6) is 5.75 Å². The molecule has 0 aliphatic heterocycles. The molecule has 0 saturated carbocycles. The monoisotopic (exact) mass is 295 g/mol. The number of ether oxygens (including phenoxy) is 1. The molecule has 0 fully saturated rings. The predicted molar refractivity (Wildman–Crippen MR) is 72.4 cm³/mol. The highest BCUT2D eigenvalue weighted by Gasteiger charge is 2.15. The van der Waals surface area contributed by atoms with Gasteiger partial charge < -0.3 is 14.5 Å². The van der Waals surface area contributed by atoms with Crippen LogP contribution >= 0.6 is 0 Å². The first-order valence-corrected chi connectivity index (χ1v) is 6.37. The van der Waals surface area contributed by atoms with Gasteiger partial charge in [-0.3, -0.25) is 4.79 Å². The minimum atomic E-state index is -2.88. The molecule has 0 aliphatic rings. The molecule has 6 heteroatoms. The second kappa shape index (κ2) is 6.39. The lowest BCUT2D eigenvalue weighted by Gasteiger charge is -2.15. The summed E-state index contributed by atoms with van der Waals surface area (Å²) in [6, 6.07) is 7.45. The highest BCUT2D eigenvalue weighted by molar-refractivity contribution is 5.95. The Kier molecular flexibility index (Phi) is 4.57. The summed E-state index contributed by atoms with van der Waals surface area (Å²) < 4.78 is 33.8. The minimum Gasteiger partial charge on any atom is -0.469 e. The van der Waals surface area contributed by atoms with Crippen LogP contribution < -0.4 is 10.1 Å². The van der Waals surface area contributed by atoms with Crippen LogP contribution in [0.15, 0.2) is 41.0 Å². The van der Waals surface area contributed by atoms with Crippen molar-refractivity contribution in [2.24, 2.45) is 0 Å². The average Bonchev–Trinajstić information content (AvgIpc) is 2.84. The Morgan fingerprint density at radius 3 is 2.71 bits per heavy atom. The molecule has 1 N–H and O–H groups in total. The molecular formula is C15H15F2NO3. The number of rotatable bonds is 5. The number of amides is 1. The third-order valence-electron chi connectivity index (χ3n) is 3.03. The maximum atomic E-state index is 12.2. The highest BCUT2D eigenvalue weighted by Crippen LogP contribution is 2.21. The Morgan fingerprint density at radius 1 is 1.33 bits per heavy atom. The van der Waals surface area contributed by atoms with Crippen molar-refractivity contribution in [2.75, 3.05) is 0 Å². The molecule has 112 valence electrons. The van der Waals surface area contributed by atoms with Gasteiger partial charge in [-0.1, -0.05) is 12.1 Å². The Bertz CT molecular complexity index is 625. The zero-order valence-corrected chi connectivity index (χ0v) is 11.6. The average molecular weight is 295 g/mol. The Morgan fingerprint density at radius 2 is 2.10 bits per heavy atom. The molecule has 0 radical (unpaired) electrons. The second-order valence-corrected chi connectivity index (χ2v) is 4.54. The molecule has 1 amide bonds. The number of hydrogen-bond acceptors (Lipinski definition) is 3. The first-order valence-electron chi connectivity index (χ1n) is 6.37. The molecule has 0 bridgehead atoms. The lowest BCUT2D eigenvalue weighted by atomic mass is 10.1. The molecule has 1 aromatic carbocycles. The molecular weight excluding hydrogens is 280 g/mol. The van der Waals surface area contributed by atoms with Gasteiger partial charge in [0, 0.05) is 0 Å². The predicted octanol–water partition coefficient (Wildman–Crippen LogP) is 3.68. The van der Waals surface area contributed by atoms with Crippen LogP contribution in [0.25, 0.3) is 0 Å². The van der Waals surface area contributed by atoms with Crippen molar-refractivity contribution >= 4 is 5.91 Å². The molecule has 1 heterocycles. The van der Waals surface area contributed by atoms with Crippen molar-refractivity contribution in [3.63, 3.8) is 0 Å². The third-order valence-corrected chi connectivity index (χ3v) is 3.03. The van der Waals surface area contributed by atoms with Gasteiger partial charge >= 0.3 is 6.61 Å². The molecule has 4 nitrogen and oxygen atoms in total. The van der Waals surface area contributed by atoms with Gasteiger partial charge in [-0.15, -0.1) is 0 Å². The van der Waals surface area contributed by atoms with Crippen LogP contribution in [-0.4, -0.2) is 12.5 Å². The minimum absolute atomic E-state index is 0.0584. The number of hydrogen-bond donors (Lipinski definition) is 1. The number of alkyl halides is 2. The Labute approximate surface area is 120 Å². The molecule has 1 unspecified atom stereocenters. The van der Waals surface area contributed by atoms with Crippen LogP contribution in [0.2, 0.25) is 0 Å². The lowest BCUT2D eigenvalue weighted by molar-refractivity contribution is -0.0499. The number of carbonyl (C=O) groups excluding carboxylic acids is 1. The zero-order chi connectivity index (χ0) is 15.4. The van der Waals surface area contributed by atoms with E-state index in [-0.39, 0.29) is 17.7 Å². The Balaban J connectivity index is 2.08. The number of halogens is 2. The molecule has 0 spiro atoms. The zero-order valence-electron chi connectivity index (χ0n) is 11.6. The molecule has 1 aromatic heterocycles. The largest absolute Gasteiger partial charge is 0.469 e. The van der Waals surface area contributed by atoms with Crippen molar-refractivity contribution in [1.29, 1.82) is 0 Å². The summed E-state index contributed by atoms with van der Waals surface area (Å²) in [6.45, 7) is 0.574. The second-order valence-electron chi connectivity index (χ2n) is 4.54. The Hall–Kier alpha value is -2.37. The summed E-state index contributed by atoms with van der Waals surface area (Å²) in [5, 5.41) is 2.78. The number of nitrogens with one attached hydrogen (secondary N) is 1. The first-order chi connectivity index (χ1) is 9.97. The smallest absolute Gasteiger partial charge is 0.387 e. The standard InChI is InChI=1S/C15H15F2NO3/c1-9(18-14(19)13-6-7-20-10(13)2)11-4-3-5-12(8-11)21-15(16)17/h3-9,15H,1-2H3,(H,18,19). The van der Waals surface area contributed by atoms with E-state index in [9.17, 15) is 13.6 Å². The van der Waals surface area contributed by atoms with Crippen LogP contribution in [0.4, 0.5) is 8.78 Å². The molecule has 21 heavy (non-hydrogen) atoms. The fraction of sp³-hybridized carbons (Fsp3) is 0.267. The van der Waals surface area contributed by atoms with Gasteiger partial charge in [0.25, 0.3) is 5.91 Å². The van der Waals surface area contributed by atoms with E-state index in [1.165, 1.54) is 18.4 Å². The van der Waals surface area contributed by atoms with E-state index in [0.29, 0.717) is 16.9 Å². The first kappa shape index (κ1) is 15.0. The lowest BCUT2D eigenvalue weighted by Crippen LogP contribution is -2.26. The van der Waals surface area contributed by atoms with Gasteiger partial charge in [0.05, 0.1) is 17.9 Å². The van der Waals surface area contributed by atoms with Crippen molar-refractivity contribution in [2.45, 2.75) is 26.5 Å². The molecule has 2 aromatic rings. The normalized spacial score (nSPS) is 12.2. The number of benzene rings is 1. The van der Waals surface area contributed by atoms with Gasteiger partial charge in [-0.05, 0) is 37.6 Å². The fourth-order valence-electron chi connectivity index (χ4n) is 1.94. The van der Waals surface area contributed by atoms with E-state index in [0.717, 1.165) is 0 Å². The summed E-state index contributed by atoms with van der Waals surface area (Å²) in [5.41, 5.74) is 1.12. The van der Waals surface area contributed by atoms with E-state index in [2.05, 4.69) is 10.1 Å². The summed E-state index contributed by atoms with van der Waals surface area (Å²) in [4.78, 5) is 12.1. The number of carbonyl (C=O) groups is 1. The van der Waals surface area contributed by atoms with E-state index in [4.69, 9.17) is 4.42 Å². The fourth-order valence-corrected chi connectivity index (χ4v) is 1.94. The van der Waals surface area contributed by atoms with Gasteiger partial charge in [0.1, 0.15) is 11.5 Å². The molecule has 0 aliphatic carbocycles. The van der Waals surface area contributed by atoms with Gasteiger partial charge in [-0.25, -0.2) is 0 Å². The van der Waals surface area contributed by atoms with Gasteiger partial charge in [-0.2, -0.15) is 8.78 Å². The van der Waals surface area contributed by atoms with Crippen molar-refractivity contribution in [1.82, 2.24) is 5.32 Å². The van der Waals surface area contributed by atoms with Crippen LogP contribution in [-0.2, 0) is 0 Å². The summed E-state index contributed by atoms with van der Waals surface area (Å²) in [6.07, 6.45) is 1.44. The van der Waals surface area contributed by atoms with Crippen LogP contribution in [0.3, 0.4) is 0 Å².